The first kappa shape index (κ1) is 40.3. The lowest BCUT2D eigenvalue weighted by atomic mass is 9.44. The molecule has 4 saturated carbocycles. The Morgan fingerprint density at radius 2 is 1.41 bits per heavy atom. The van der Waals surface area contributed by atoms with Crippen LogP contribution in [0.5, 0.6) is 5.75 Å². The van der Waals surface area contributed by atoms with Gasteiger partial charge >= 0.3 is 5.97 Å². The molecule has 0 amide bonds. The normalized spacial score (nSPS) is 31.3. The Bertz CT molecular complexity index is 1200. The number of unbranched alkanes of at least 4 members (excludes halogenated alkanes) is 13. The minimum atomic E-state index is -0.659. The van der Waals surface area contributed by atoms with Crippen molar-refractivity contribution in [2.75, 3.05) is 18.1 Å². The summed E-state index contributed by atoms with van der Waals surface area (Å²) in [5.41, 5.74) is 14.3. The summed E-state index contributed by atoms with van der Waals surface area (Å²) in [5, 5.41) is 0. The van der Waals surface area contributed by atoms with Crippen LogP contribution in [0.1, 0.15) is 188 Å². The molecule has 0 aliphatic heterocycles. The van der Waals surface area contributed by atoms with Gasteiger partial charge in [-0.2, -0.15) is 0 Å². The number of hydrogen-bond donors (Lipinski definition) is 2. The van der Waals surface area contributed by atoms with E-state index in [2.05, 4.69) is 27.7 Å². The highest BCUT2D eigenvalue weighted by Crippen LogP contribution is 2.68. The molecule has 4 fully saturated rings. The van der Waals surface area contributed by atoms with Crippen LogP contribution in [0.4, 0.5) is 11.4 Å². The smallest absolute Gasteiger partial charge is 0.347 e. The molecule has 4 aliphatic rings. The minimum absolute atomic E-state index is 0.236. The van der Waals surface area contributed by atoms with Crippen LogP contribution in [0.15, 0.2) is 18.2 Å². The largest absolute Gasteiger partial charge is 0.477 e. The summed E-state index contributed by atoms with van der Waals surface area (Å²) in [6.45, 7) is 10.4. The second-order valence-corrected chi connectivity index (χ2v) is 18.5. The standard InChI is InChI=1S/C46H78N2O3/c1-5-6-7-8-9-10-11-12-13-14-15-16-17-20-31-50-44(49)43(51-42-27-23-36(47)33-41(42)48)32-34(2)38-25-26-39-37-24-22-35-21-18-19-29-45(35,3)40(37)28-30-46(38,39)4/h23,27,33-35,37-40,43H,5-22,24-26,28-32,47-48H2,1-4H3/t34-,35?,37+,38-,39+,40+,43?,45+,46-/m1/s1. The van der Waals surface area contributed by atoms with Gasteiger partial charge in [0.25, 0.3) is 0 Å². The van der Waals surface area contributed by atoms with Crippen LogP contribution in [0, 0.1) is 46.3 Å². The number of carbonyl (C=O) groups is 1. The van der Waals surface area contributed by atoms with Crippen molar-refractivity contribution in [1.29, 1.82) is 0 Å². The molecule has 0 spiro atoms. The molecule has 9 atom stereocenters. The predicted molar refractivity (Wildman–Crippen MR) is 215 cm³/mol. The maximum atomic E-state index is 13.7. The molecule has 4 aliphatic carbocycles. The maximum Gasteiger partial charge on any atom is 0.347 e. The number of anilines is 2. The summed E-state index contributed by atoms with van der Waals surface area (Å²) in [5.74, 6) is 4.85. The van der Waals surface area contributed by atoms with E-state index < -0.39 is 6.10 Å². The summed E-state index contributed by atoms with van der Waals surface area (Å²) in [7, 11) is 0. The average molecular weight is 707 g/mol. The van der Waals surface area contributed by atoms with Gasteiger partial charge in [-0.15, -0.1) is 0 Å². The second kappa shape index (κ2) is 19.4. The Labute approximate surface area is 313 Å². The Balaban J connectivity index is 1.09. The molecule has 0 heterocycles. The van der Waals surface area contributed by atoms with E-state index in [4.69, 9.17) is 20.9 Å². The molecule has 0 radical (unpaired) electrons. The van der Waals surface area contributed by atoms with Crippen molar-refractivity contribution in [2.24, 2.45) is 46.3 Å². The number of fused-ring (bicyclic) bond motifs is 5. The zero-order chi connectivity index (χ0) is 36.3. The number of nitrogen functional groups attached to an aromatic ring is 2. The van der Waals surface area contributed by atoms with Gasteiger partial charge < -0.3 is 20.9 Å². The highest BCUT2D eigenvalue weighted by atomic mass is 16.6. The van der Waals surface area contributed by atoms with Gasteiger partial charge in [0.05, 0.1) is 12.3 Å². The van der Waals surface area contributed by atoms with Crippen molar-refractivity contribution in [3.05, 3.63) is 18.2 Å². The van der Waals surface area contributed by atoms with E-state index in [0.717, 1.165) is 36.5 Å². The van der Waals surface area contributed by atoms with Crippen molar-refractivity contribution in [1.82, 2.24) is 0 Å². The molecule has 51 heavy (non-hydrogen) atoms. The molecule has 4 N–H and O–H groups in total. The third-order valence-corrected chi connectivity index (χ3v) is 15.2. The van der Waals surface area contributed by atoms with Gasteiger partial charge in [-0.3, -0.25) is 0 Å². The number of rotatable bonds is 21. The van der Waals surface area contributed by atoms with Crippen LogP contribution in [0.25, 0.3) is 0 Å². The van der Waals surface area contributed by atoms with E-state index in [1.165, 1.54) is 141 Å². The van der Waals surface area contributed by atoms with Gasteiger partial charge in [-0.05, 0) is 129 Å². The quantitative estimate of drug-likeness (QED) is 0.0755. The molecule has 1 aromatic carbocycles. The van der Waals surface area contributed by atoms with Gasteiger partial charge in [0.15, 0.2) is 6.10 Å². The van der Waals surface area contributed by atoms with Crippen LogP contribution >= 0.6 is 0 Å². The Kier molecular flexibility index (Phi) is 15.3. The molecule has 5 heteroatoms. The van der Waals surface area contributed by atoms with Crippen molar-refractivity contribution >= 4 is 17.3 Å². The van der Waals surface area contributed by atoms with E-state index in [9.17, 15) is 4.79 Å². The fourth-order valence-corrected chi connectivity index (χ4v) is 12.4. The molecule has 0 saturated heterocycles. The highest BCUT2D eigenvalue weighted by Gasteiger charge is 2.60. The molecule has 5 rings (SSSR count). The van der Waals surface area contributed by atoms with Crippen LogP contribution in [0.2, 0.25) is 0 Å². The van der Waals surface area contributed by atoms with Gasteiger partial charge in [-0.25, -0.2) is 4.79 Å². The number of esters is 1. The molecule has 1 aromatic rings. The summed E-state index contributed by atoms with van der Waals surface area (Å²) >= 11 is 0. The minimum Gasteiger partial charge on any atom is -0.477 e. The lowest BCUT2D eigenvalue weighted by Gasteiger charge is -2.61. The zero-order valence-corrected chi connectivity index (χ0v) is 33.5. The van der Waals surface area contributed by atoms with Crippen molar-refractivity contribution in [2.45, 2.75) is 194 Å². The molecule has 0 bridgehead atoms. The van der Waals surface area contributed by atoms with Gasteiger partial charge in [0, 0.05) is 5.69 Å². The SMILES string of the molecule is CCCCCCCCCCCCCCCCOC(=O)C(C[C@@H](C)[C@H]1CC[C@H]2[C@@H]3CCC4CCCC[C@]4(C)[C@H]3CC[C@]12C)Oc1ccc(N)cc1N. The first-order valence-electron chi connectivity index (χ1n) is 22.2. The molecular formula is C46H78N2O3. The fourth-order valence-electron chi connectivity index (χ4n) is 12.4. The third-order valence-electron chi connectivity index (χ3n) is 15.2. The lowest BCUT2D eigenvalue weighted by molar-refractivity contribution is -0.153. The monoisotopic (exact) mass is 707 g/mol. The summed E-state index contributed by atoms with van der Waals surface area (Å²) in [6.07, 6.45) is 32.5. The van der Waals surface area contributed by atoms with Crippen LogP contribution in [-0.4, -0.2) is 18.7 Å². The van der Waals surface area contributed by atoms with Gasteiger partial charge in [0.2, 0.25) is 0 Å². The third kappa shape index (κ3) is 10.2. The lowest BCUT2D eigenvalue weighted by Crippen LogP contribution is -2.53. The number of nitrogens with two attached hydrogens (primary N) is 2. The first-order chi connectivity index (χ1) is 24.7. The summed E-state index contributed by atoms with van der Waals surface area (Å²) in [4.78, 5) is 13.7. The van der Waals surface area contributed by atoms with Crippen LogP contribution in [-0.2, 0) is 9.53 Å². The second-order valence-electron chi connectivity index (χ2n) is 18.5. The van der Waals surface area contributed by atoms with Crippen molar-refractivity contribution in [3.8, 4) is 5.75 Å². The van der Waals surface area contributed by atoms with Gasteiger partial charge in [-0.1, -0.05) is 124 Å². The van der Waals surface area contributed by atoms with Gasteiger partial charge in [0.1, 0.15) is 5.75 Å². The average Bonchev–Trinajstić information content (AvgIpc) is 3.47. The van der Waals surface area contributed by atoms with E-state index in [0.29, 0.717) is 52.8 Å². The summed E-state index contributed by atoms with van der Waals surface area (Å²) < 4.78 is 12.4. The molecule has 2 unspecified atom stereocenters. The first-order valence-corrected chi connectivity index (χ1v) is 22.2. The van der Waals surface area contributed by atoms with E-state index in [1.54, 1.807) is 18.2 Å². The Hall–Kier alpha value is -1.91. The highest BCUT2D eigenvalue weighted by molar-refractivity contribution is 5.75. The number of carbonyl (C=O) groups excluding carboxylic acids is 1. The fraction of sp³-hybridized carbons (Fsp3) is 0.848. The Morgan fingerprint density at radius 3 is 2.08 bits per heavy atom. The number of benzene rings is 1. The van der Waals surface area contributed by atoms with Crippen LogP contribution in [0.3, 0.4) is 0 Å². The van der Waals surface area contributed by atoms with E-state index >= 15 is 0 Å². The molecular weight excluding hydrogens is 629 g/mol. The number of hydrogen-bond acceptors (Lipinski definition) is 5. The van der Waals surface area contributed by atoms with Crippen molar-refractivity contribution < 1.29 is 14.3 Å². The van der Waals surface area contributed by atoms with E-state index in [1.807, 2.05) is 0 Å². The zero-order valence-electron chi connectivity index (χ0n) is 33.5. The van der Waals surface area contributed by atoms with Crippen LogP contribution < -0.4 is 16.2 Å². The molecule has 290 valence electrons. The molecule has 0 aromatic heterocycles. The van der Waals surface area contributed by atoms with Crippen molar-refractivity contribution in [3.63, 3.8) is 0 Å². The summed E-state index contributed by atoms with van der Waals surface area (Å²) in [6, 6.07) is 5.33. The van der Waals surface area contributed by atoms with E-state index in [-0.39, 0.29) is 5.97 Å². The molecule has 5 nitrogen and oxygen atoms in total. The Morgan fingerprint density at radius 1 is 0.765 bits per heavy atom. The topological polar surface area (TPSA) is 87.6 Å². The number of ether oxygens (including phenoxy) is 2. The maximum absolute atomic E-state index is 13.7. The predicted octanol–water partition coefficient (Wildman–Crippen LogP) is 12.7.